The molecule has 130 valence electrons. The minimum Gasteiger partial charge on any atom is -0.365 e. The van der Waals surface area contributed by atoms with Gasteiger partial charge in [0, 0.05) is 38.5 Å². The van der Waals surface area contributed by atoms with Crippen molar-refractivity contribution in [1.82, 2.24) is 9.97 Å². The zero-order chi connectivity index (χ0) is 18.0. The van der Waals surface area contributed by atoms with Crippen molar-refractivity contribution >= 4 is 32.4 Å². The molecular weight excluding hydrogens is 336 g/mol. The lowest BCUT2D eigenvalue weighted by Gasteiger charge is -2.16. The Morgan fingerprint density at radius 2 is 1.88 bits per heavy atom. The van der Waals surface area contributed by atoms with Crippen molar-refractivity contribution < 1.29 is 8.42 Å². The standard InChI is InChI=1S/C18H20N4O2S/c1-22(2)17-11-13(14-7-4-5-8-15(14)21-17)12-20-18-16(25(3,23)24)9-6-10-19-18/h4-11H,12H2,1-3H3,(H,19,20). The van der Waals surface area contributed by atoms with Crippen molar-refractivity contribution in [2.75, 3.05) is 30.6 Å². The number of pyridine rings is 2. The van der Waals surface area contributed by atoms with E-state index in [2.05, 4.69) is 15.3 Å². The van der Waals surface area contributed by atoms with Gasteiger partial charge in [-0.05, 0) is 29.8 Å². The first kappa shape index (κ1) is 17.2. The predicted molar refractivity (Wildman–Crippen MR) is 101 cm³/mol. The van der Waals surface area contributed by atoms with Crippen molar-refractivity contribution in [3.05, 3.63) is 54.2 Å². The Hall–Kier alpha value is -2.67. The quantitative estimate of drug-likeness (QED) is 0.758. The van der Waals surface area contributed by atoms with E-state index in [1.165, 1.54) is 6.26 Å². The Balaban J connectivity index is 2.00. The molecule has 0 aliphatic carbocycles. The van der Waals surface area contributed by atoms with E-state index in [1.807, 2.05) is 49.3 Å². The number of hydrogen-bond donors (Lipinski definition) is 1. The van der Waals surface area contributed by atoms with Gasteiger partial charge in [0.25, 0.3) is 0 Å². The second kappa shape index (κ2) is 6.68. The van der Waals surface area contributed by atoms with Crippen molar-refractivity contribution in [2.24, 2.45) is 0 Å². The van der Waals surface area contributed by atoms with Crippen LogP contribution in [-0.4, -0.2) is 38.7 Å². The molecule has 3 aromatic rings. The highest BCUT2D eigenvalue weighted by atomic mass is 32.2. The lowest BCUT2D eigenvalue weighted by atomic mass is 10.1. The van der Waals surface area contributed by atoms with E-state index in [0.29, 0.717) is 12.4 Å². The number of sulfone groups is 1. The molecule has 2 heterocycles. The van der Waals surface area contributed by atoms with Gasteiger partial charge in [0.05, 0.1) is 5.52 Å². The van der Waals surface area contributed by atoms with Crippen LogP contribution in [0.1, 0.15) is 5.56 Å². The second-order valence-electron chi connectivity index (χ2n) is 6.03. The fraction of sp³-hybridized carbons (Fsp3) is 0.222. The van der Waals surface area contributed by atoms with Gasteiger partial charge in [-0.3, -0.25) is 0 Å². The largest absolute Gasteiger partial charge is 0.365 e. The molecule has 0 amide bonds. The van der Waals surface area contributed by atoms with Gasteiger partial charge in [-0.15, -0.1) is 0 Å². The van der Waals surface area contributed by atoms with Crippen LogP contribution in [0, 0.1) is 0 Å². The van der Waals surface area contributed by atoms with E-state index >= 15 is 0 Å². The maximum atomic E-state index is 11.9. The van der Waals surface area contributed by atoms with E-state index in [1.54, 1.807) is 18.3 Å². The summed E-state index contributed by atoms with van der Waals surface area (Å²) in [6.07, 6.45) is 2.76. The van der Waals surface area contributed by atoms with Crippen molar-refractivity contribution in [2.45, 2.75) is 11.4 Å². The van der Waals surface area contributed by atoms with Crippen LogP contribution in [0.3, 0.4) is 0 Å². The fourth-order valence-corrected chi connectivity index (χ4v) is 3.41. The van der Waals surface area contributed by atoms with Gasteiger partial charge in [0.1, 0.15) is 16.5 Å². The summed E-state index contributed by atoms with van der Waals surface area (Å²) in [4.78, 5) is 11.0. The van der Waals surface area contributed by atoms with Crippen LogP contribution in [0.4, 0.5) is 11.6 Å². The average Bonchev–Trinajstić information content (AvgIpc) is 2.58. The molecule has 0 spiro atoms. The summed E-state index contributed by atoms with van der Waals surface area (Å²) in [5.41, 5.74) is 1.93. The molecule has 0 saturated carbocycles. The normalized spacial score (nSPS) is 11.5. The van der Waals surface area contributed by atoms with Crippen molar-refractivity contribution in [1.29, 1.82) is 0 Å². The van der Waals surface area contributed by atoms with Gasteiger partial charge in [-0.25, -0.2) is 18.4 Å². The van der Waals surface area contributed by atoms with E-state index in [0.717, 1.165) is 22.3 Å². The molecule has 3 rings (SSSR count). The number of hydrogen-bond acceptors (Lipinski definition) is 6. The highest BCUT2D eigenvalue weighted by molar-refractivity contribution is 7.90. The summed E-state index contributed by atoms with van der Waals surface area (Å²) in [5.74, 6) is 1.21. The maximum Gasteiger partial charge on any atom is 0.179 e. The summed E-state index contributed by atoms with van der Waals surface area (Å²) in [6.45, 7) is 0.448. The van der Waals surface area contributed by atoms with Crippen LogP contribution in [-0.2, 0) is 16.4 Å². The summed E-state index contributed by atoms with van der Waals surface area (Å²) in [5, 5.41) is 4.18. The minimum atomic E-state index is -3.35. The smallest absolute Gasteiger partial charge is 0.179 e. The summed E-state index contributed by atoms with van der Waals surface area (Å²) in [6, 6.07) is 13.1. The Morgan fingerprint density at radius 1 is 1.12 bits per heavy atom. The third-order valence-corrected chi connectivity index (χ3v) is 4.99. The molecule has 6 nitrogen and oxygen atoms in total. The zero-order valence-corrected chi connectivity index (χ0v) is 15.2. The topological polar surface area (TPSA) is 75.2 Å². The van der Waals surface area contributed by atoms with Crippen LogP contribution < -0.4 is 10.2 Å². The third-order valence-electron chi connectivity index (χ3n) is 3.86. The van der Waals surface area contributed by atoms with E-state index in [4.69, 9.17) is 0 Å². The van der Waals surface area contributed by atoms with Crippen molar-refractivity contribution in [3.63, 3.8) is 0 Å². The average molecular weight is 356 g/mol. The number of aromatic nitrogens is 2. The van der Waals surface area contributed by atoms with E-state index in [9.17, 15) is 8.42 Å². The van der Waals surface area contributed by atoms with Crippen molar-refractivity contribution in [3.8, 4) is 0 Å². The molecule has 1 N–H and O–H groups in total. The molecular formula is C18H20N4O2S. The fourth-order valence-electron chi connectivity index (χ4n) is 2.61. The van der Waals surface area contributed by atoms with Crippen LogP contribution in [0.2, 0.25) is 0 Å². The lowest BCUT2D eigenvalue weighted by molar-refractivity contribution is 0.601. The monoisotopic (exact) mass is 356 g/mol. The number of rotatable bonds is 5. The lowest BCUT2D eigenvalue weighted by Crippen LogP contribution is -2.13. The Bertz CT molecular complexity index is 1020. The van der Waals surface area contributed by atoms with Crippen LogP contribution in [0.15, 0.2) is 53.6 Å². The highest BCUT2D eigenvalue weighted by Crippen LogP contribution is 2.24. The Morgan fingerprint density at radius 3 is 2.60 bits per heavy atom. The summed E-state index contributed by atoms with van der Waals surface area (Å²) < 4.78 is 23.8. The Kier molecular flexibility index (Phi) is 4.59. The second-order valence-corrected chi connectivity index (χ2v) is 8.01. The summed E-state index contributed by atoms with van der Waals surface area (Å²) >= 11 is 0. The van der Waals surface area contributed by atoms with Gasteiger partial charge in [-0.1, -0.05) is 18.2 Å². The first-order valence-corrected chi connectivity index (χ1v) is 9.70. The molecule has 25 heavy (non-hydrogen) atoms. The predicted octanol–water partition coefficient (Wildman–Crippen LogP) is 2.71. The van der Waals surface area contributed by atoms with Crippen LogP contribution >= 0.6 is 0 Å². The first-order valence-electron chi connectivity index (χ1n) is 7.81. The zero-order valence-electron chi connectivity index (χ0n) is 14.4. The Labute approximate surface area is 147 Å². The van der Waals surface area contributed by atoms with Crippen LogP contribution in [0.5, 0.6) is 0 Å². The number of para-hydroxylation sites is 1. The SMILES string of the molecule is CN(C)c1cc(CNc2ncccc2S(C)(=O)=O)c2ccccc2n1. The molecule has 2 aromatic heterocycles. The van der Waals surface area contributed by atoms with Gasteiger partial charge < -0.3 is 10.2 Å². The molecule has 0 bridgehead atoms. The molecule has 0 radical (unpaired) electrons. The van der Waals surface area contributed by atoms with Gasteiger partial charge in [-0.2, -0.15) is 0 Å². The number of fused-ring (bicyclic) bond motifs is 1. The van der Waals surface area contributed by atoms with E-state index < -0.39 is 9.84 Å². The molecule has 0 aliphatic rings. The van der Waals surface area contributed by atoms with Gasteiger partial charge in [0.2, 0.25) is 0 Å². The molecule has 0 fully saturated rings. The maximum absolute atomic E-state index is 11.9. The molecule has 0 aliphatic heterocycles. The van der Waals surface area contributed by atoms with E-state index in [-0.39, 0.29) is 4.90 Å². The van der Waals surface area contributed by atoms with Gasteiger partial charge in [0.15, 0.2) is 9.84 Å². The number of anilines is 2. The third kappa shape index (κ3) is 3.71. The molecule has 1 aromatic carbocycles. The molecule has 7 heteroatoms. The molecule has 0 unspecified atom stereocenters. The summed E-state index contributed by atoms with van der Waals surface area (Å²) in [7, 11) is 0.531. The van der Waals surface area contributed by atoms with Crippen LogP contribution in [0.25, 0.3) is 10.9 Å². The highest BCUT2D eigenvalue weighted by Gasteiger charge is 2.14. The molecule has 0 atom stereocenters. The number of nitrogens with one attached hydrogen (secondary N) is 1. The molecule has 0 saturated heterocycles. The number of benzene rings is 1. The van der Waals surface area contributed by atoms with Gasteiger partial charge >= 0.3 is 0 Å². The number of nitrogens with zero attached hydrogens (tertiary/aromatic N) is 3. The first-order chi connectivity index (χ1) is 11.9. The minimum absolute atomic E-state index is 0.196.